The van der Waals surface area contributed by atoms with Crippen LogP contribution < -0.4 is 15.5 Å². The van der Waals surface area contributed by atoms with Crippen LogP contribution >= 0.6 is 11.3 Å². The van der Waals surface area contributed by atoms with Gasteiger partial charge >= 0.3 is 0 Å². The molecule has 120 valence electrons. The molecule has 0 unspecified atom stereocenters. The van der Waals surface area contributed by atoms with Crippen molar-refractivity contribution in [1.82, 2.24) is 15.6 Å². The Morgan fingerprint density at radius 2 is 2.14 bits per heavy atom. The minimum Gasteiger partial charge on any atom is -0.383 e. The molecule has 1 aromatic heterocycles. The quantitative estimate of drug-likeness (QED) is 0.602. The SMILES string of the molecule is CCN(CC)c1ncc(CNCCC(=O)NCCOC)s1. The molecule has 0 aliphatic carbocycles. The standard InChI is InChI=1S/C14H26N4O2S/c1-4-18(5-2)14-17-11-12(21-14)10-15-7-6-13(19)16-8-9-20-3/h11,15H,4-10H2,1-3H3,(H,16,19). The van der Waals surface area contributed by atoms with Gasteiger partial charge in [-0.05, 0) is 13.8 Å². The molecule has 0 fully saturated rings. The lowest BCUT2D eigenvalue weighted by Crippen LogP contribution is -2.29. The van der Waals surface area contributed by atoms with Crippen LogP contribution in [-0.4, -0.2) is 50.8 Å². The second kappa shape index (κ2) is 10.5. The number of anilines is 1. The molecule has 2 N–H and O–H groups in total. The number of hydrogen-bond acceptors (Lipinski definition) is 6. The molecule has 0 aromatic carbocycles. The third kappa shape index (κ3) is 6.88. The summed E-state index contributed by atoms with van der Waals surface area (Å²) in [4.78, 5) is 19.3. The van der Waals surface area contributed by atoms with Gasteiger partial charge in [0.1, 0.15) is 0 Å². The van der Waals surface area contributed by atoms with Crippen LogP contribution in [0.3, 0.4) is 0 Å². The Labute approximate surface area is 130 Å². The highest BCUT2D eigenvalue weighted by Crippen LogP contribution is 2.21. The van der Waals surface area contributed by atoms with E-state index in [1.807, 2.05) is 6.20 Å². The third-order valence-corrected chi connectivity index (χ3v) is 4.09. The van der Waals surface area contributed by atoms with Gasteiger partial charge in [0.05, 0.1) is 6.61 Å². The minimum absolute atomic E-state index is 0.0488. The van der Waals surface area contributed by atoms with Gasteiger partial charge in [0.25, 0.3) is 0 Å². The molecule has 0 atom stereocenters. The van der Waals surface area contributed by atoms with Crippen LogP contribution in [0.1, 0.15) is 25.1 Å². The highest BCUT2D eigenvalue weighted by molar-refractivity contribution is 7.15. The van der Waals surface area contributed by atoms with Gasteiger partial charge in [-0.2, -0.15) is 0 Å². The highest BCUT2D eigenvalue weighted by Gasteiger charge is 2.07. The van der Waals surface area contributed by atoms with Gasteiger partial charge in [0.15, 0.2) is 5.13 Å². The zero-order valence-electron chi connectivity index (χ0n) is 13.1. The number of aromatic nitrogens is 1. The molecule has 1 aromatic rings. The number of rotatable bonds is 11. The first kappa shape index (κ1) is 17.9. The summed E-state index contributed by atoms with van der Waals surface area (Å²) in [6.45, 7) is 8.74. The van der Waals surface area contributed by atoms with E-state index in [9.17, 15) is 4.79 Å². The molecular weight excluding hydrogens is 288 g/mol. The largest absolute Gasteiger partial charge is 0.383 e. The molecule has 7 heteroatoms. The number of carbonyl (C=O) groups is 1. The van der Waals surface area contributed by atoms with Gasteiger partial charge in [-0.25, -0.2) is 4.98 Å². The van der Waals surface area contributed by atoms with Crippen LogP contribution in [0.4, 0.5) is 5.13 Å². The van der Waals surface area contributed by atoms with Crippen molar-refractivity contribution >= 4 is 22.4 Å². The van der Waals surface area contributed by atoms with E-state index in [-0.39, 0.29) is 5.91 Å². The van der Waals surface area contributed by atoms with E-state index < -0.39 is 0 Å². The maximum Gasteiger partial charge on any atom is 0.221 e. The Kier molecular flexibility index (Phi) is 8.96. The van der Waals surface area contributed by atoms with E-state index in [1.165, 1.54) is 4.88 Å². The molecular formula is C14H26N4O2S. The van der Waals surface area contributed by atoms with E-state index in [2.05, 4.69) is 34.4 Å². The van der Waals surface area contributed by atoms with Gasteiger partial charge in [-0.1, -0.05) is 0 Å². The summed E-state index contributed by atoms with van der Waals surface area (Å²) in [5, 5.41) is 7.13. The van der Waals surface area contributed by atoms with E-state index in [0.717, 1.165) is 24.8 Å². The van der Waals surface area contributed by atoms with Crippen LogP contribution in [0.15, 0.2) is 6.20 Å². The van der Waals surface area contributed by atoms with E-state index >= 15 is 0 Å². The van der Waals surface area contributed by atoms with Crippen LogP contribution in [0.2, 0.25) is 0 Å². The van der Waals surface area contributed by atoms with Gasteiger partial charge in [0, 0.05) is 57.3 Å². The van der Waals surface area contributed by atoms with E-state index in [0.29, 0.717) is 26.1 Å². The van der Waals surface area contributed by atoms with Crippen molar-refractivity contribution < 1.29 is 9.53 Å². The summed E-state index contributed by atoms with van der Waals surface area (Å²) >= 11 is 1.70. The van der Waals surface area contributed by atoms with Crippen molar-refractivity contribution in [2.75, 3.05) is 44.8 Å². The van der Waals surface area contributed by atoms with Crippen LogP contribution in [0, 0.1) is 0 Å². The van der Waals surface area contributed by atoms with E-state index in [4.69, 9.17) is 4.74 Å². The number of nitrogens with zero attached hydrogens (tertiary/aromatic N) is 2. The second-order valence-corrected chi connectivity index (χ2v) is 5.64. The fourth-order valence-corrected chi connectivity index (χ4v) is 2.82. The Hall–Kier alpha value is -1.18. The van der Waals surface area contributed by atoms with Gasteiger partial charge in [-0.15, -0.1) is 11.3 Å². The third-order valence-electron chi connectivity index (χ3n) is 3.03. The zero-order valence-corrected chi connectivity index (χ0v) is 14.0. The normalized spacial score (nSPS) is 10.6. The molecule has 0 radical (unpaired) electrons. The molecule has 0 saturated carbocycles. The zero-order chi connectivity index (χ0) is 15.5. The topological polar surface area (TPSA) is 66.5 Å². The number of ether oxygens (including phenoxy) is 1. The summed E-state index contributed by atoms with van der Waals surface area (Å²) in [6, 6.07) is 0. The molecule has 0 aliphatic rings. The number of carbonyl (C=O) groups excluding carboxylic acids is 1. The number of amides is 1. The first-order valence-electron chi connectivity index (χ1n) is 7.37. The number of thiazole rings is 1. The van der Waals surface area contributed by atoms with Crippen LogP contribution in [0.5, 0.6) is 0 Å². The fourth-order valence-electron chi connectivity index (χ4n) is 1.81. The number of nitrogens with one attached hydrogen (secondary N) is 2. The molecule has 1 amide bonds. The molecule has 1 rings (SSSR count). The molecule has 1 heterocycles. The predicted octanol–water partition coefficient (Wildman–Crippen LogP) is 1.23. The molecule has 0 bridgehead atoms. The van der Waals surface area contributed by atoms with Crippen molar-refractivity contribution in [2.45, 2.75) is 26.8 Å². The number of methoxy groups -OCH3 is 1. The average Bonchev–Trinajstić information content (AvgIpc) is 2.94. The summed E-state index contributed by atoms with van der Waals surface area (Å²) in [5.41, 5.74) is 0. The first-order valence-corrected chi connectivity index (χ1v) is 8.18. The fraction of sp³-hybridized carbons (Fsp3) is 0.714. The number of hydrogen-bond donors (Lipinski definition) is 2. The second-order valence-electron chi connectivity index (χ2n) is 4.55. The Morgan fingerprint density at radius 3 is 2.81 bits per heavy atom. The van der Waals surface area contributed by atoms with Crippen molar-refractivity contribution in [2.24, 2.45) is 0 Å². The predicted molar refractivity (Wildman–Crippen MR) is 86.9 cm³/mol. The highest BCUT2D eigenvalue weighted by atomic mass is 32.1. The lowest BCUT2D eigenvalue weighted by atomic mass is 10.4. The smallest absolute Gasteiger partial charge is 0.221 e. The monoisotopic (exact) mass is 314 g/mol. The van der Waals surface area contributed by atoms with Crippen LogP contribution in [0.25, 0.3) is 0 Å². The molecule has 0 aliphatic heterocycles. The Bertz CT molecular complexity index is 407. The summed E-state index contributed by atoms with van der Waals surface area (Å²) in [6.07, 6.45) is 2.38. The van der Waals surface area contributed by atoms with Crippen molar-refractivity contribution in [1.29, 1.82) is 0 Å². The molecule has 21 heavy (non-hydrogen) atoms. The Balaban J connectivity index is 2.19. The van der Waals surface area contributed by atoms with Crippen molar-refractivity contribution in [3.8, 4) is 0 Å². The van der Waals surface area contributed by atoms with E-state index in [1.54, 1.807) is 18.4 Å². The Morgan fingerprint density at radius 1 is 1.38 bits per heavy atom. The lowest BCUT2D eigenvalue weighted by Gasteiger charge is -2.16. The summed E-state index contributed by atoms with van der Waals surface area (Å²) < 4.78 is 4.88. The molecule has 0 spiro atoms. The molecule has 6 nitrogen and oxygen atoms in total. The summed E-state index contributed by atoms with van der Waals surface area (Å²) in [5.74, 6) is 0.0488. The minimum atomic E-state index is 0.0488. The maximum absolute atomic E-state index is 11.5. The van der Waals surface area contributed by atoms with Crippen molar-refractivity contribution in [3.05, 3.63) is 11.1 Å². The molecule has 0 saturated heterocycles. The summed E-state index contributed by atoms with van der Waals surface area (Å²) in [7, 11) is 1.62. The average molecular weight is 314 g/mol. The van der Waals surface area contributed by atoms with Gasteiger partial charge in [0.2, 0.25) is 5.91 Å². The van der Waals surface area contributed by atoms with Crippen molar-refractivity contribution in [3.63, 3.8) is 0 Å². The first-order chi connectivity index (χ1) is 10.2. The maximum atomic E-state index is 11.5. The van der Waals surface area contributed by atoms with Gasteiger partial charge in [-0.3, -0.25) is 4.79 Å². The van der Waals surface area contributed by atoms with Crippen LogP contribution in [-0.2, 0) is 16.1 Å². The lowest BCUT2D eigenvalue weighted by molar-refractivity contribution is -0.121. The van der Waals surface area contributed by atoms with Gasteiger partial charge < -0.3 is 20.3 Å².